The molecule has 0 atom stereocenters. The van der Waals surface area contributed by atoms with Gasteiger partial charge < -0.3 is 10.0 Å². The second-order valence-corrected chi connectivity index (χ2v) is 3.77. The summed E-state index contributed by atoms with van der Waals surface area (Å²) in [5.41, 5.74) is 1.58. The summed E-state index contributed by atoms with van der Waals surface area (Å²) in [5, 5.41) is 16.7. The smallest absolute Gasteiger partial charge is 0.323 e. The fraction of sp³-hybridized carbons (Fsp3) is 0.167. The van der Waals surface area contributed by atoms with Crippen molar-refractivity contribution in [2.45, 2.75) is 0 Å². The molecule has 0 fully saturated rings. The molecule has 92 valence electrons. The third kappa shape index (κ3) is 2.79. The third-order valence-electron chi connectivity index (χ3n) is 2.37. The average molecular weight is 244 g/mol. The van der Waals surface area contributed by atoms with Crippen LogP contribution in [0.5, 0.6) is 0 Å². The van der Waals surface area contributed by atoms with Gasteiger partial charge in [0.05, 0.1) is 5.69 Å². The number of carboxylic acids is 1. The van der Waals surface area contributed by atoms with E-state index in [2.05, 4.69) is 15.2 Å². The van der Waals surface area contributed by atoms with E-state index < -0.39 is 5.97 Å². The van der Waals surface area contributed by atoms with E-state index in [9.17, 15) is 4.79 Å². The zero-order chi connectivity index (χ0) is 13.0. The van der Waals surface area contributed by atoms with Gasteiger partial charge in [0, 0.05) is 25.0 Å². The number of carbonyl (C=O) groups is 1. The van der Waals surface area contributed by atoms with Crippen LogP contribution in [0.4, 0.5) is 5.82 Å². The summed E-state index contributed by atoms with van der Waals surface area (Å²) in [6, 6.07) is 7.23. The van der Waals surface area contributed by atoms with Gasteiger partial charge in [0.15, 0.2) is 5.82 Å². The van der Waals surface area contributed by atoms with E-state index >= 15 is 0 Å². The van der Waals surface area contributed by atoms with E-state index in [1.165, 1.54) is 4.90 Å². The Morgan fingerprint density at radius 1 is 1.33 bits per heavy atom. The largest absolute Gasteiger partial charge is 0.480 e. The molecule has 0 aliphatic heterocycles. The van der Waals surface area contributed by atoms with Crippen LogP contribution in [0.2, 0.25) is 0 Å². The molecular weight excluding hydrogens is 232 g/mol. The van der Waals surface area contributed by atoms with Gasteiger partial charge >= 0.3 is 5.97 Å². The van der Waals surface area contributed by atoms with Crippen molar-refractivity contribution in [3.05, 3.63) is 36.7 Å². The number of aromatic nitrogens is 3. The average Bonchev–Trinajstić information content (AvgIpc) is 2.39. The second kappa shape index (κ2) is 5.22. The zero-order valence-corrected chi connectivity index (χ0v) is 9.82. The van der Waals surface area contributed by atoms with Gasteiger partial charge in [-0.2, -0.15) is 0 Å². The third-order valence-corrected chi connectivity index (χ3v) is 2.37. The van der Waals surface area contributed by atoms with Crippen LogP contribution in [0.25, 0.3) is 11.3 Å². The highest BCUT2D eigenvalue weighted by atomic mass is 16.4. The molecule has 6 heteroatoms. The van der Waals surface area contributed by atoms with Gasteiger partial charge in [-0.15, -0.1) is 10.2 Å². The first-order valence-corrected chi connectivity index (χ1v) is 5.34. The molecule has 0 saturated heterocycles. The predicted molar refractivity (Wildman–Crippen MR) is 66.2 cm³/mol. The zero-order valence-electron chi connectivity index (χ0n) is 9.82. The molecule has 2 rings (SSSR count). The fourth-order valence-corrected chi connectivity index (χ4v) is 1.48. The monoisotopic (exact) mass is 244 g/mol. The van der Waals surface area contributed by atoms with Gasteiger partial charge in [0.25, 0.3) is 0 Å². The Kier molecular flexibility index (Phi) is 3.47. The Morgan fingerprint density at radius 2 is 2.17 bits per heavy atom. The van der Waals surface area contributed by atoms with Gasteiger partial charge in [0.2, 0.25) is 0 Å². The molecule has 0 aliphatic rings. The molecule has 0 saturated carbocycles. The summed E-state index contributed by atoms with van der Waals surface area (Å²) in [5.74, 6) is -0.388. The summed E-state index contributed by atoms with van der Waals surface area (Å²) in [6.45, 7) is -0.110. The van der Waals surface area contributed by atoms with E-state index in [-0.39, 0.29) is 6.54 Å². The standard InChI is InChI=1S/C12H12N4O2/c1-16(8-12(17)18)11-5-4-10(14-15-11)9-3-2-6-13-7-9/h2-7H,8H2,1H3,(H,17,18). The molecule has 2 aromatic rings. The van der Waals surface area contributed by atoms with E-state index in [4.69, 9.17) is 5.11 Å². The number of hydrogen-bond acceptors (Lipinski definition) is 5. The maximum absolute atomic E-state index is 10.6. The van der Waals surface area contributed by atoms with Gasteiger partial charge in [-0.25, -0.2) is 0 Å². The van der Waals surface area contributed by atoms with Crippen LogP contribution < -0.4 is 4.90 Å². The first-order chi connectivity index (χ1) is 8.66. The Morgan fingerprint density at radius 3 is 2.72 bits per heavy atom. The number of pyridine rings is 1. The van der Waals surface area contributed by atoms with Crippen molar-refractivity contribution in [3.63, 3.8) is 0 Å². The van der Waals surface area contributed by atoms with Crippen LogP contribution in [0, 0.1) is 0 Å². The van der Waals surface area contributed by atoms with Gasteiger partial charge in [-0.05, 0) is 24.3 Å². The molecule has 0 aromatic carbocycles. The SMILES string of the molecule is CN(CC(=O)O)c1ccc(-c2cccnc2)nn1. The lowest BCUT2D eigenvalue weighted by molar-refractivity contribution is -0.135. The van der Waals surface area contributed by atoms with Crippen molar-refractivity contribution >= 4 is 11.8 Å². The molecule has 1 N–H and O–H groups in total. The van der Waals surface area contributed by atoms with Crippen molar-refractivity contribution in [1.29, 1.82) is 0 Å². The molecule has 0 radical (unpaired) electrons. The van der Waals surface area contributed by atoms with Crippen molar-refractivity contribution < 1.29 is 9.90 Å². The molecule has 0 bridgehead atoms. The lowest BCUT2D eigenvalue weighted by atomic mass is 10.2. The Bertz CT molecular complexity index is 528. The molecule has 2 aromatic heterocycles. The van der Waals surface area contributed by atoms with Crippen molar-refractivity contribution in [2.75, 3.05) is 18.5 Å². The molecule has 18 heavy (non-hydrogen) atoms. The summed E-state index contributed by atoms with van der Waals surface area (Å²) < 4.78 is 0. The molecule has 0 spiro atoms. The molecule has 6 nitrogen and oxygen atoms in total. The van der Waals surface area contributed by atoms with Crippen LogP contribution in [-0.2, 0) is 4.79 Å². The van der Waals surface area contributed by atoms with Crippen molar-refractivity contribution in [1.82, 2.24) is 15.2 Å². The second-order valence-electron chi connectivity index (χ2n) is 3.77. The van der Waals surface area contributed by atoms with Crippen LogP contribution in [0.3, 0.4) is 0 Å². The van der Waals surface area contributed by atoms with E-state index in [0.29, 0.717) is 11.5 Å². The first kappa shape index (κ1) is 12.0. The van der Waals surface area contributed by atoms with Gasteiger partial charge in [-0.3, -0.25) is 9.78 Å². The minimum atomic E-state index is -0.907. The first-order valence-electron chi connectivity index (χ1n) is 5.34. The lowest BCUT2D eigenvalue weighted by Gasteiger charge is -2.14. The number of rotatable bonds is 4. The summed E-state index contributed by atoms with van der Waals surface area (Å²) >= 11 is 0. The molecule has 2 heterocycles. The quantitative estimate of drug-likeness (QED) is 0.866. The highest BCUT2D eigenvalue weighted by Gasteiger charge is 2.08. The predicted octanol–water partition coefficient (Wildman–Crippen LogP) is 1.06. The van der Waals surface area contributed by atoms with Crippen LogP contribution in [0.15, 0.2) is 36.7 Å². The molecule has 0 amide bonds. The van der Waals surface area contributed by atoms with E-state index in [0.717, 1.165) is 5.56 Å². The maximum Gasteiger partial charge on any atom is 0.323 e. The van der Waals surface area contributed by atoms with Crippen LogP contribution in [0.1, 0.15) is 0 Å². The summed E-state index contributed by atoms with van der Waals surface area (Å²) in [6.07, 6.45) is 3.39. The van der Waals surface area contributed by atoms with Crippen LogP contribution >= 0.6 is 0 Å². The minimum absolute atomic E-state index is 0.110. The topological polar surface area (TPSA) is 79.2 Å². The van der Waals surface area contributed by atoms with Gasteiger partial charge in [0.1, 0.15) is 6.54 Å². The normalized spacial score (nSPS) is 10.1. The highest BCUT2D eigenvalue weighted by molar-refractivity contribution is 5.73. The van der Waals surface area contributed by atoms with Crippen molar-refractivity contribution in [3.8, 4) is 11.3 Å². The number of aliphatic carboxylic acids is 1. The Labute approximate surface area is 104 Å². The number of carboxylic acid groups (broad SMARTS) is 1. The van der Waals surface area contributed by atoms with Crippen LogP contribution in [-0.4, -0.2) is 39.8 Å². The molecule has 0 aliphatic carbocycles. The summed E-state index contributed by atoms with van der Waals surface area (Å²) in [7, 11) is 1.65. The molecule has 0 unspecified atom stereocenters. The minimum Gasteiger partial charge on any atom is -0.480 e. The number of anilines is 1. The summed E-state index contributed by atoms with van der Waals surface area (Å²) in [4.78, 5) is 16.1. The Hall–Kier alpha value is -2.50. The van der Waals surface area contributed by atoms with E-state index in [1.807, 2.05) is 12.1 Å². The number of nitrogens with zero attached hydrogens (tertiary/aromatic N) is 4. The van der Waals surface area contributed by atoms with E-state index in [1.54, 1.807) is 31.6 Å². The van der Waals surface area contributed by atoms with Crippen molar-refractivity contribution in [2.24, 2.45) is 0 Å². The maximum atomic E-state index is 10.6. The Balaban J connectivity index is 2.18. The fourth-order valence-electron chi connectivity index (χ4n) is 1.48. The van der Waals surface area contributed by atoms with Gasteiger partial charge in [-0.1, -0.05) is 0 Å². The number of likely N-dealkylation sites (N-methyl/N-ethyl adjacent to an activating group) is 1. The molecular formula is C12H12N4O2. The lowest BCUT2D eigenvalue weighted by Crippen LogP contribution is -2.26. The highest BCUT2D eigenvalue weighted by Crippen LogP contribution is 2.16. The number of hydrogen-bond donors (Lipinski definition) is 1.